The first-order valence-electron chi connectivity index (χ1n) is 11.5. The summed E-state index contributed by atoms with van der Waals surface area (Å²) in [6, 6.07) is 11.7. The van der Waals surface area contributed by atoms with Gasteiger partial charge in [-0.15, -0.1) is 0 Å². The minimum Gasteiger partial charge on any atom is -0.372 e. The lowest BCUT2D eigenvalue weighted by Crippen LogP contribution is -2.45. The molecule has 0 fully saturated rings. The van der Waals surface area contributed by atoms with E-state index in [-0.39, 0.29) is 10.6 Å². The Labute approximate surface area is 213 Å². The third-order valence-electron chi connectivity index (χ3n) is 5.67. The number of hydrogen-bond donors (Lipinski definition) is 2. The van der Waals surface area contributed by atoms with Gasteiger partial charge in [-0.05, 0) is 43.5 Å². The molecule has 2 atom stereocenters. The molecule has 0 radical (unpaired) electrons. The van der Waals surface area contributed by atoms with Gasteiger partial charge in [-0.2, -0.15) is 5.10 Å². The number of amides is 3. The highest BCUT2D eigenvalue weighted by Crippen LogP contribution is 2.51. The number of hydrogen-bond acceptors (Lipinski definition) is 6. The largest absolute Gasteiger partial charge is 0.372 e. The Bertz CT molecular complexity index is 1160. The maximum absolute atomic E-state index is 14.7. The fraction of sp³-hybridized carbons (Fsp3) is 0.360. The molecule has 1 aliphatic heterocycles. The molecule has 0 saturated heterocycles. The molecule has 3 N–H and O–H groups in total. The number of aliphatic imine (C=N–C) groups is 1. The standard InChI is InChI=1S/C25H29F2N5O3S/c1-4-21(30-24(28)34)29-14-8-13-25(17-9-6-5-7-10-17)32(23(33)16(2)35-3)31-22(36-25)19-15-18(26)11-12-20(19)27/h5-7,9-12,15-16H,4,8,13-14H2,1-3H3,(H3,28,29,30,34)/t16-,25-/m0/s1. The first-order valence-corrected chi connectivity index (χ1v) is 12.3. The number of carbonyl (C=O) groups excluding carboxylic acids is 2. The van der Waals surface area contributed by atoms with Crippen LogP contribution in [0.4, 0.5) is 13.6 Å². The second-order valence-electron chi connectivity index (χ2n) is 8.08. The summed E-state index contributed by atoms with van der Waals surface area (Å²) in [6.45, 7) is 3.78. The van der Waals surface area contributed by atoms with Gasteiger partial charge in [0.05, 0.1) is 0 Å². The summed E-state index contributed by atoms with van der Waals surface area (Å²) in [7, 11) is 1.42. The zero-order valence-electron chi connectivity index (χ0n) is 20.3. The van der Waals surface area contributed by atoms with Gasteiger partial charge >= 0.3 is 6.03 Å². The number of halogens is 2. The molecule has 2 aromatic carbocycles. The molecule has 0 spiro atoms. The number of methoxy groups -OCH3 is 1. The molecule has 0 saturated carbocycles. The molecule has 1 heterocycles. The second kappa shape index (κ2) is 12.1. The Balaban J connectivity index is 2.03. The van der Waals surface area contributed by atoms with Crippen LogP contribution in [0.1, 0.15) is 44.2 Å². The highest BCUT2D eigenvalue weighted by atomic mass is 32.2. The van der Waals surface area contributed by atoms with Crippen LogP contribution >= 0.6 is 11.8 Å². The lowest BCUT2D eigenvalue weighted by Gasteiger charge is -2.36. The summed E-state index contributed by atoms with van der Waals surface area (Å²) in [5.74, 6) is -1.23. The molecule has 0 aliphatic carbocycles. The zero-order chi connectivity index (χ0) is 26.3. The van der Waals surface area contributed by atoms with Crippen LogP contribution < -0.4 is 11.1 Å². The van der Waals surface area contributed by atoms with Gasteiger partial charge < -0.3 is 10.5 Å². The third kappa shape index (κ3) is 6.08. The molecule has 2 aromatic rings. The average Bonchev–Trinajstić information content (AvgIpc) is 3.27. The maximum atomic E-state index is 14.7. The molecule has 1 aliphatic rings. The Morgan fingerprint density at radius 2 is 1.97 bits per heavy atom. The molecule has 3 rings (SSSR count). The van der Waals surface area contributed by atoms with Gasteiger partial charge in [0.15, 0.2) is 0 Å². The predicted molar refractivity (Wildman–Crippen MR) is 136 cm³/mol. The van der Waals surface area contributed by atoms with E-state index in [0.29, 0.717) is 31.6 Å². The summed E-state index contributed by atoms with van der Waals surface area (Å²) < 4.78 is 34.0. The molecular weight excluding hydrogens is 488 g/mol. The van der Waals surface area contributed by atoms with Crippen molar-refractivity contribution in [3.8, 4) is 0 Å². The summed E-state index contributed by atoms with van der Waals surface area (Å²) in [6.07, 6.45) is 0.540. The fourth-order valence-corrected chi connectivity index (χ4v) is 5.19. The smallest absolute Gasteiger partial charge is 0.317 e. The Kier molecular flexibility index (Phi) is 9.16. The first kappa shape index (κ1) is 27.3. The quantitative estimate of drug-likeness (QED) is 0.293. The van der Waals surface area contributed by atoms with Crippen molar-refractivity contribution in [3.05, 3.63) is 71.3 Å². The van der Waals surface area contributed by atoms with E-state index in [4.69, 9.17) is 10.5 Å². The topological polar surface area (TPSA) is 109 Å². The molecule has 3 amide bonds. The van der Waals surface area contributed by atoms with Crippen molar-refractivity contribution >= 4 is 34.6 Å². The average molecular weight is 518 g/mol. The van der Waals surface area contributed by atoms with Gasteiger partial charge in [-0.25, -0.2) is 18.6 Å². The van der Waals surface area contributed by atoms with Crippen LogP contribution in [0.15, 0.2) is 58.6 Å². The second-order valence-corrected chi connectivity index (χ2v) is 9.35. The summed E-state index contributed by atoms with van der Waals surface area (Å²) in [5.41, 5.74) is 5.92. The zero-order valence-corrected chi connectivity index (χ0v) is 21.1. The number of urea groups is 1. The number of nitrogens with two attached hydrogens (primary N) is 1. The lowest BCUT2D eigenvalue weighted by molar-refractivity contribution is -0.144. The van der Waals surface area contributed by atoms with E-state index in [1.54, 1.807) is 6.92 Å². The van der Waals surface area contributed by atoms with Gasteiger partial charge in [0.1, 0.15) is 33.5 Å². The lowest BCUT2D eigenvalue weighted by atomic mass is 9.99. The van der Waals surface area contributed by atoms with Crippen LogP contribution in [0.25, 0.3) is 0 Å². The van der Waals surface area contributed by atoms with Crippen molar-refractivity contribution in [1.29, 1.82) is 0 Å². The van der Waals surface area contributed by atoms with Crippen LogP contribution in [0.5, 0.6) is 0 Å². The fourth-order valence-electron chi connectivity index (χ4n) is 3.76. The van der Waals surface area contributed by atoms with Crippen molar-refractivity contribution in [1.82, 2.24) is 10.3 Å². The van der Waals surface area contributed by atoms with E-state index in [2.05, 4.69) is 15.4 Å². The maximum Gasteiger partial charge on any atom is 0.317 e. The highest BCUT2D eigenvalue weighted by Gasteiger charge is 2.49. The number of primary amides is 1. The van der Waals surface area contributed by atoms with Gasteiger partial charge in [0, 0.05) is 25.6 Å². The SMILES string of the molecule is CCC(=NCCC[C@@]1(c2ccccc2)SC(c2cc(F)ccc2F)=NN1C(=O)[C@H](C)OC)NC(N)=O. The van der Waals surface area contributed by atoms with E-state index in [1.165, 1.54) is 23.9 Å². The number of amidine groups is 1. The van der Waals surface area contributed by atoms with Crippen molar-refractivity contribution in [2.45, 2.75) is 44.1 Å². The Morgan fingerprint density at radius 1 is 1.25 bits per heavy atom. The monoisotopic (exact) mass is 517 g/mol. The number of thioether (sulfide) groups is 1. The Hall–Kier alpha value is -3.31. The van der Waals surface area contributed by atoms with E-state index in [9.17, 15) is 18.4 Å². The van der Waals surface area contributed by atoms with Crippen LogP contribution in [0.3, 0.4) is 0 Å². The van der Waals surface area contributed by atoms with E-state index in [0.717, 1.165) is 23.8 Å². The molecule has 0 unspecified atom stereocenters. The summed E-state index contributed by atoms with van der Waals surface area (Å²) >= 11 is 1.18. The Morgan fingerprint density at radius 3 is 2.61 bits per heavy atom. The number of carbonyl (C=O) groups is 2. The van der Waals surface area contributed by atoms with E-state index >= 15 is 0 Å². The van der Waals surface area contributed by atoms with Crippen molar-refractivity contribution < 1.29 is 23.1 Å². The van der Waals surface area contributed by atoms with Gasteiger partial charge in [0.2, 0.25) is 0 Å². The molecule has 192 valence electrons. The molecule has 0 aromatic heterocycles. The van der Waals surface area contributed by atoms with Crippen LogP contribution in [0.2, 0.25) is 0 Å². The first-order chi connectivity index (χ1) is 17.2. The minimum atomic E-state index is -1.06. The summed E-state index contributed by atoms with van der Waals surface area (Å²) in [4.78, 5) is 28.0. The number of ether oxygens (including phenoxy) is 1. The molecule has 0 bridgehead atoms. The predicted octanol–water partition coefficient (Wildman–Crippen LogP) is 4.35. The van der Waals surface area contributed by atoms with Crippen molar-refractivity contribution in [3.63, 3.8) is 0 Å². The van der Waals surface area contributed by atoms with E-state index in [1.807, 2.05) is 37.3 Å². The van der Waals surface area contributed by atoms with Gasteiger partial charge in [-0.1, -0.05) is 49.0 Å². The van der Waals surface area contributed by atoms with E-state index < -0.39 is 34.5 Å². The number of nitrogens with one attached hydrogen (secondary N) is 1. The molecular formula is C25H29F2N5O3S. The number of benzene rings is 2. The molecule has 36 heavy (non-hydrogen) atoms. The van der Waals surface area contributed by atoms with Crippen molar-refractivity contribution in [2.75, 3.05) is 13.7 Å². The number of rotatable bonds is 9. The normalized spacial score (nSPS) is 18.6. The van der Waals surface area contributed by atoms with Crippen LogP contribution in [-0.4, -0.2) is 47.6 Å². The summed E-state index contributed by atoms with van der Waals surface area (Å²) in [5, 5.41) is 8.48. The number of hydrazone groups is 1. The van der Waals surface area contributed by atoms with Crippen LogP contribution in [0, 0.1) is 11.6 Å². The highest BCUT2D eigenvalue weighted by molar-refractivity contribution is 8.15. The molecule has 8 nitrogen and oxygen atoms in total. The third-order valence-corrected chi connectivity index (χ3v) is 7.12. The molecule has 11 heteroatoms. The van der Waals surface area contributed by atoms with Crippen LogP contribution in [-0.2, 0) is 14.4 Å². The van der Waals surface area contributed by atoms with Crippen molar-refractivity contribution in [2.24, 2.45) is 15.8 Å². The van der Waals surface area contributed by atoms with Gasteiger partial charge in [0.25, 0.3) is 5.91 Å². The van der Waals surface area contributed by atoms with Gasteiger partial charge in [-0.3, -0.25) is 15.1 Å². The minimum absolute atomic E-state index is 0.0300. The number of nitrogens with zero attached hydrogens (tertiary/aromatic N) is 3.